The number of likely N-dealkylation sites (tertiary alicyclic amines) is 1. The number of hydrazine groups is 1. The number of hydrogen-bond acceptors (Lipinski definition) is 4. The summed E-state index contributed by atoms with van der Waals surface area (Å²) >= 11 is 2.05. The molecule has 0 aromatic rings. The first kappa shape index (κ1) is 15.2. The van der Waals surface area contributed by atoms with Crippen molar-refractivity contribution in [3.05, 3.63) is 0 Å². The maximum atomic E-state index is 11.7. The standard InChI is InChI=1S/C13H22IN3O2/c1-10-4-7-16(9-10)15-5-2-3-6-17-12(18)8-11(14)13(17)19/h10-11,15H,2-9H2,1H3/t10-,11?/m1/s1. The molecule has 1 N–H and O–H groups in total. The lowest BCUT2D eigenvalue weighted by molar-refractivity contribution is -0.138. The predicted molar refractivity (Wildman–Crippen MR) is 81.7 cm³/mol. The number of rotatable bonds is 6. The van der Waals surface area contributed by atoms with E-state index in [1.165, 1.54) is 11.3 Å². The number of amides is 2. The van der Waals surface area contributed by atoms with E-state index < -0.39 is 0 Å². The third-order valence-electron chi connectivity index (χ3n) is 3.76. The van der Waals surface area contributed by atoms with E-state index in [0.717, 1.165) is 38.4 Å². The molecule has 2 aliphatic heterocycles. The van der Waals surface area contributed by atoms with Gasteiger partial charge in [0.05, 0.1) is 3.92 Å². The lowest BCUT2D eigenvalue weighted by atomic mass is 10.2. The van der Waals surface area contributed by atoms with Gasteiger partial charge in [0.1, 0.15) is 0 Å². The smallest absolute Gasteiger partial charge is 0.242 e. The zero-order chi connectivity index (χ0) is 13.8. The van der Waals surface area contributed by atoms with Crippen molar-refractivity contribution in [1.29, 1.82) is 0 Å². The molecule has 0 aromatic carbocycles. The van der Waals surface area contributed by atoms with Crippen LogP contribution in [0.1, 0.15) is 32.6 Å². The Balaban J connectivity index is 1.57. The van der Waals surface area contributed by atoms with Crippen molar-refractivity contribution >= 4 is 34.4 Å². The van der Waals surface area contributed by atoms with Crippen molar-refractivity contribution in [1.82, 2.24) is 15.3 Å². The van der Waals surface area contributed by atoms with E-state index in [1.54, 1.807) is 0 Å². The van der Waals surface area contributed by atoms with Crippen LogP contribution in [0.15, 0.2) is 0 Å². The second-order valence-corrected chi connectivity index (χ2v) is 7.01. The summed E-state index contributed by atoms with van der Waals surface area (Å²) in [5.74, 6) is 0.769. The van der Waals surface area contributed by atoms with Gasteiger partial charge in [0.25, 0.3) is 0 Å². The van der Waals surface area contributed by atoms with Crippen molar-refractivity contribution < 1.29 is 9.59 Å². The van der Waals surface area contributed by atoms with Crippen molar-refractivity contribution in [2.45, 2.75) is 36.5 Å². The topological polar surface area (TPSA) is 52.6 Å². The van der Waals surface area contributed by atoms with Gasteiger partial charge in [-0.1, -0.05) is 29.5 Å². The summed E-state index contributed by atoms with van der Waals surface area (Å²) in [7, 11) is 0. The van der Waals surface area contributed by atoms with Crippen LogP contribution < -0.4 is 5.43 Å². The predicted octanol–water partition coefficient (Wildman–Crippen LogP) is 1.18. The first-order valence-electron chi connectivity index (χ1n) is 7.04. The molecule has 108 valence electrons. The van der Waals surface area contributed by atoms with Gasteiger partial charge in [-0.2, -0.15) is 0 Å². The lowest BCUT2D eigenvalue weighted by Crippen LogP contribution is -2.37. The van der Waals surface area contributed by atoms with Gasteiger partial charge in [0, 0.05) is 32.6 Å². The van der Waals surface area contributed by atoms with Crippen LogP contribution in [0, 0.1) is 5.92 Å². The molecular weight excluding hydrogens is 357 g/mol. The Bertz CT molecular complexity index is 351. The fourth-order valence-corrected chi connectivity index (χ4v) is 3.30. The van der Waals surface area contributed by atoms with E-state index in [9.17, 15) is 9.59 Å². The number of hydrogen-bond donors (Lipinski definition) is 1. The zero-order valence-electron chi connectivity index (χ0n) is 11.4. The highest BCUT2D eigenvalue weighted by molar-refractivity contribution is 14.1. The number of carbonyl (C=O) groups excluding carboxylic acids is 2. The third-order valence-corrected chi connectivity index (χ3v) is 4.73. The normalized spacial score (nSPS) is 28.6. The quantitative estimate of drug-likeness (QED) is 0.326. The van der Waals surface area contributed by atoms with E-state index in [0.29, 0.717) is 13.0 Å². The molecule has 2 fully saturated rings. The monoisotopic (exact) mass is 379 g/mol. The summed E-state index contributed by atoms with van der Waals surface area (Å²) in [5, 5.41) is 2.28. The average Bonchev–Trinajstić information content (AvgIpc) is 2.87. The van der Waals surface area contributed by atoms with Gasteiger partial charge < -0.3 is 0 Å². The Morgan fingerprint density at radius 3 is 2.74 bits per heavy atom. The molecular formula is C13H22IN3O2. The van der Waals surface area contributed by atoms with E-state index >= 15 is 0 Å². The molecule has 0 aliphatic carbocycles. The van der Waals surface area contributed by atoms with E-state index in [-0.39, 0.29) is 15.7 Å². The average molecular weight is 379 g/mol. The summed E-state index contributed by atoms with van der Waals surface area (Å²) in [5.41, 5.74) is 3.41. The minimum atomic E-state index is -0.144. The number of nitrogens with one attached hydrogen (secondary N) is 1. The molecule has 0 radical (unpaired) electrons. The van der Waals surface area contributed by atoms with Crippen LogP contribution in [0.5, 0.6) is 0 Å². The molecule has 5 nitrogen and oxygen atoms in total. The number of nitrogens with zero attached hydrogens (tertiary/aromatic N) is 2. The summed E-state index contributed by atoms with van der Waals surface area (Å²) in [4.78, 5) is 24.7. The second-order valence-electron chi connectivity index (χ2n) is 5.51. The molecule has 0 bridgehead atoms. The molecule has 6 heteroatoms. The minimum absolute atomic E-state index is 0.00748. The molecule has 2 saturated heterocycles. The highest BCUT2D eigenvalue weighted by Gasteiger charge is 2.36. The fraction of sp³-hybridized carbons (Fsp3) is 0.846. The van der Waals surface area contributed by atoms with Gasteiger partial charge in [0.2, 0.25) is 11.8 Å². The van der Waals surface area contributed by atoms with Crippen LogP contribution >= 0.6 is 22.6 Å². The minimum Gasteiger partial charge on any atom is -0.282 e. The van der Waals surface area contributed by atoms with Crippen LogP contribution in [0.2, 0.25) is 0 Å². The van der Waals surface area contributed by atoms with E-state index in [4.69, 9.17) is 0 Å². The Morgan fingerprint density at radius 1 is 1.37 bits per heavy atom. The van der Waals surface area contributed by atoms with Crippen LogP contribution in [0.4, 0.5) is 0 Å². The Morgan fingerprint density at radius 2 is 2.16 bits per heavy atom. The van der Waals surface area contributed by atoms with Crippen LogP contribution in [-0.4, -0.2) is 51.8 Å². The van der Waals surface area contributed by atoms with Crippen molar-refractivity contribution in [3.8, 4) is 0 Å². The second kappa shape index (κ2) is 6.99. The lowest BCUT2D eigenvalue weighted by Gasteiger charge is -2.18. The van der Waals surface area contributed by atoms with Gasteiger partial charge in [-0.25, -0.2) is 5.01 Å². The van der Waals surface area contributed by atoms with Gasteiger partial charge in [-0.05, 0) is 25.2 Å². The van der Waals surface area contributed by atoms with Crippen molar-refractivity contribution in [2.24, 2.45) is 5.92 Å². The number of unbranched alkanes of at least 4 members (excludes halogenated alkanes) is 1. The van der Waals surface area contributed by atoms with Crippen LogP contribution in [0.25, 0.3) is 0 Å². The molecule has 2 amide bonds. The van der Waals surface area contributed by atoms with Gasteiger partial charge in [-0.3, -0.25) is 19.9 Å². The SMILES string of the molecule is C[C@@H]1CCN(NCCCCN2C(=O)CC(I)C2=O)C1. The number of halogens is 1. The van der Waals surface area contributed by atoms with Gasteiger partial charge in [-0.15, -0.1) is 0 Å². The number of carbonyl (C=O) groups is 2. The molecule has 0 spiro atoms. The van der Waals surface area contributed by atoms with Crippen molar-refractivity contribution in [2.75, 3.05) is 26.2 Å². The molecule has 19 heavy (non-hydrogen) atoms. The van der Waals surface area contributed by atoms with E-state index in [1.807, 2.05) is 0 Å². The molecule has 2 rings (SSSR count). The Labute approximate surface area is 128 Å². The number of imide groups is 1. The van der Waals surface area contributed by atoms with E-state index in [2.05, 4.69) is 39.9 Å². The highest BCUT2D eigenvalue weighted by Crippen LogP contribution is 2.20. The Hall–Kier alpha value is -0.210. The Kier molecular flexibility index (Phi) is 5.58. The summed E-state index contributed by atoms with van der Waals surface area (Å²) in [6, 6.07) is 0. The maximum absolute atomic E-state index is 11.7. The van der Waals surface area contributed by atoms with Gasteiger partial charge >= 0.3 is 0 Å². The highest BCUT2D eigenvalue weighted by atomic mass is 127. The first-order valence-corrected chi connectivity index (χ1v) is 8.29. The first-order chi connectivity index (χ1) is 9.08. The van der Waals surface area contributed by atoms with Crippen LogP contribution in [-0.2, 0) is 9.59 Å². The van der Waals surface area contributed by atoms with Gasteiger partial charge in [0.15, 0.2) is 0 Å². The molecule has 2 atom stereocenters. The van der Waals surface area contributed by atoms with Crippen molar-refractivity contribution in [3.63, 3.8) is 0 Å². The molecule has 2 heterocycles. The molecule has 0 saturated carbocycles. The summed E-state index contributed by atoms with van der Waals surface area (Å²) < 4.78 is -0.144. The fourth-order valence-electron chi connectivity index (χ4n) is 2.59. The summed E-state index contributed by atoms with van der Waals surface area (Å²) in [6.07, 6.45) is 3.52. The molecule has 1 unspecified atom stereocenters. The number of alkyl halides is 1. The third kappa shape index (κ3) is 4.13. The summed E-state index contributed by atoms with van der Waals surface area (Å²) in [6.45, 7) is 6.03. The molecule has 2 aliphatic rings. The molecule has 0 aromatic heterocycles. The zero-order valence-corrected chi connectivity index (χ0v) is 13.6. The van der Waals surface area contributed by atoms with Crippen LogP contribution in [0.3, 0.4) is 0 Å². The largest absolute Gasteiger partial charge is 0.282 e. The maximum Gasteiger partial charge on any atom is 0.242 e.